The average Bonchev–Trinajstić information content (AvgIpc) is 3.04. The highest BCUT2D eigenvalue weighted by molar-refractivity contribution is 9.10. The Bertz CT molecular complexity index is 1020. The molecule has 0 aliphatic carbocycles. The van der Waals surface area contributed by atoms with Crippen LogP contribution in [0.1, 0.15) is 27.9 Å². The van der Waals surface area contributed by atoms with Gasteiger partial charge in [-0.05, 0) is 57.9 Å². The number of hydrogen-bond acceptors (Lipinski definition) is 3. The molecule has 1 atom stereocenters. The summed E-state index contributed by atoms with van der Waals surface area (Å²) >= 11 is 14.9. The van der Waals surface area contributed by atoms with E-state index in [0.29, 0.717) is 10.0 Å². The summed E-state index contributed by atoms with van der Waals surface area (Å²) in [5.41, 5.74) is -2.26. The monoisotopic (exact) mass is 507 g/mol. The molecule has 2 aromatic rings. The van der Waals surface area contributed by atoms with Crippen LogP contribution in [-0.2, 0) is 10.4 Å². The zero-order valence-electron chi connectivity index (χ0n) is 14.3. The van der Waals surface area contributed by atoms with Crippen LogP contribution in [0, 0.1) is 0 Å². The van der Waals surface area contributed by atoms with Crippen molar-refractivity contribution in [2.75, 3.05) is 0 Å². The Balaban J connectivity index is 1.88. The third-order valence-electron chi connectivity index (χ3n) is 4.23. The maximum absolute atomic E-state index is 13.9. The summed E-state index contributed by atoms with van der Waals surface area (Å²) in [6, 6.07) is 8.05. The Morgan fingerprint density at radius 3 is 2.38 bits per heavy atom. The van der Waals surface area contributed by atoms with E-state index in [-0.39, 0.29) is 26.9 Å². The summed E-state index contributed by atoms with van der Waals surface area (Å²) < 4.78 is 42.1. The van der Waals surface area contributed by atoms with Crippen molar-refractivity contribution in [2.45, 2.75) is 18.2 Å². The van der Waals surface area contributed by atoms with Gasteiger partial charge in [-0.1, -0.05) is 40.5 Å². The number of hydrogen-bond donors (Lipinski definition) is 1. The molecule has 1 aliphatic rings. The number of allylic oxidation sites excluding steroid dienone is 1. The van der Waals surface area contributed by atoms with Crippen molar-refractivity contribution in [3.05, 3.63) is 73.7 Å². The third kappa shape index (κ3) is 4.44. The van der Waals surface area contributed by atoms with Crippen molar-refractivity contribution >= 4 is 56.9 Å². The first-order valence-electron chi connectivity index (χ1n) is 8.01. The molecule has 0 bridgehead atoms. The van der Waals surface area contributed by atoms with Gasteiger partial charge in [0.1, 0.15) is 0 Å². The predicted octanol–water partition coefficient (Wildman–Crippen LogP) is 6.70. The molecule has 29 heavy (non-hydrogen) atoms. The van der Waals surface area contributed by atoms with Crippen LogP contribution in [0.5, 0.6) is 0 Å². The second kappa shape index (κ2) is 8.01. The molecular formula is C19H11BrCl2F3NO3. The zero-order valence-corrected chi connectivity index (χ0v) is 17.4. The van der Waals surface area contributed by atoms with E-state index in [2.05, 4.69) is 21.1 Å². The fourth-order valence-electron chi connectivity index (χ4n) is 2.80. The maximum atomic E-state index is 13.9. The summed E-state index contributed by atoms with van der Waals surface area (Å²) in [6.45, 7) is 0. The number of carbonyl (C=O) groups is 1. The summed E-state index contributed by atoms with van der Waals surface area (Å²) in [5.74, 6) is -1.10. The maximum Gasteiger partial charge on any atom is 0.435 e. The van der Waals surface area contributed by atoms with Gasteiger partial charge in [0.05, 0.1) is 11.3 Å². The number of benzene rings is 2. The smallest absolute Gasteiger partial charge is 0.435 e. The third-order valence-corrected chi connectivity index (χ3v) is 5.32. The largest absolute Gasteiger partial charge is 0.478 e. The lowest BCUT2D eigenvalue weighted by Gasteiger charge is -2.29. The molecule has 0 saturated carbocycles. The van der Waals surface area contributed by atoms with Gasteiger partial charge in [-0.15, -0.1) is 0 Å². The highest BCUT2D eigenvalue weighted by Crippen LogP contribution is 2.49. The lowest BCUT2D eigenvalue weighted by atomic mass is 9.88. The molecule has 0 spiro atoms. The van der Waals surface area contributed by atoms with Crippen LogP contribution in [0.2, 0.25) is 10.0 Å². The number of alkyl halides is 3. The van der Waals surface area contributed by atoms with Gasteiger partial charge >= 0.3 is 12.1 Å². The fraction of sp³-hybridized carbons (Fsp3) is 0.158. The Morgan fingerprint density at radius 1 is 1.17 bits per heavy atom. The molecule has 152 valence electrons. The first-order valence-corrected chi connectivity index (χ1v) is 9.56. The van der Waals surface area contributed by atoms with E-state index in [1.165, 1.54) is 36.4 Å². The summed E-state index contributed by atoms with van der Waals surface area (Å²) in [5, 5.41) is 12.7. The SMILES string of the molecule is O=C(O)c1ccc(/C=C/C2=NOC(c3cc(Cl)cc(Cl)c3)(C(F)(F)F)C2)cc1Br. The predicted molar refractivity (Wildman–Crippen MR) is 107 cm³/mol. The van der Waals surface area contributed by atoms with Gasteiger partial charge < -0.3 is 9.94 Å². The van der Waals surface area contributed by atoms with E-state index in [9.17, 15) is 18.0 Å². The zero-order chi connectivity index (χ0) is 21.4. The second-order valence-corrected chi connectivity index (χ2v) is 7.94. The highest BCUT2D eigenvalue weighted by atomic mass is 79.9. The summed E-state index contributed by atoms with van der Waals surface area (Å²) in [4.78, 5) is 15.9. The molecule has 1 heterocycles. The molecule has 1 unspecified atom stereocenters. The number of halogens is 6. The van der Waals surface area contributed by atoms with Gasteiger partial charge in [0.25, 0.3) is 5.60 Å². The summed E-state index contributed by atoms with van der Waals surface area (Å²) in [6.07, 6.45) is -2.46. The minimum Gasteiger partial charge on any atom is -0.478 e. The first kappa shape index (κ1) is 21.7. The van der Waals surface area contributed by atoms with E-state index in [1.54, 1.807) is 0 Å². The molecule has 2 aromatic carbocycles. The summed E-state index contributed by atoms with van der Waals surface area (Å²) in [7, 11) is 0. The lowest BCUT2D eigenvalue weighted by molar-refractivity contribution is -0.275. The fourth-order valence-corrected chi connectivity index (χ4v) is 3.90. The van der Waals surface area contributed by atoms with Crippen molar-refractivity contribution in [1.82, 2.24) is 0 Å². The van der Waals surface area contributed by atoms with Gasteiger partial charge in [-0.25, -0.2) is 4.79 Å². The van der Waals surface area contributed by atoms with Gasteiger partial charge in [-0.2, -0.15) is 13.2 Å². The molecule has 0 fully saturated rings. The highest BCUT2D eigenvalue weighted by Gasteiger charge is 2.62. The Kier molecular flexibility index (Phi) is 5.98. The normalized spacial score (nSPS) is 19.3. The van der Waals surface area contributed by atoms with E-state index < -0.39 is 24.2 Å². The molecule has 0 aromatic heterocycles. The molecule has 0 radical (unpaired) electrons. The van der Waals surface area contributed by atoms with E-state index in [1.807, 2.05) is 0 Å². The van der Waals surface area contributed by atoms with Crippen LogP contribution in [-0.4, -0.2) is 23.0 Å². The first-order chi connectivity index (χ1) is 13.5. The molecule has 1 N–H and O–H groups in total. The second-order valence-electron chi connectivity index (χ2n) is 6.21. The molecule has 10 heteroatoms. The molecule has 1 aliphatic heterocycles. The van der Waals surface area contributed by atoms with E-state index in [0.717, 1.165) is 12.1 Å². The van der Waals surface area contributed by atoms with Crippen molar-refractivity contribution in [2.24, 2.45) is 5.16 Å². The average molecular weight is 509 g/mol. The Hall–Kier alpha value is -2.03. The molecule has 0 amide bonds. The number of carboxylic acid groups (broad SMARTS) is 1. The van der Waals surface area contributed by atoms with Gasteiger partial charge in [0.2, 0.25) is 0 Å². The van der Waals surface area contributed by atoms with Crippen molar-refractivity contribution < 1.29 is 27.9 Å². The van der Waals surface area contributed by atoms with Crippen LogP contribution >= 0.6 is 39.1 Å². The van der Waals surface area contributed by atoms with Crippen molar-refractivity contribution in [1.29, 1.82) is 0 Å². The standard InChI is InChI=1S/C19H11BrCl2F3NO3/c20-16-5-10(2-4-15(16)17(27)28)1-3-14-9-18(29-26-14,19(23,24)25)11-6-12(21)8-13(22)7-11/h1-8H,9H2,(H,27,28)/b3-1+. The topological polar surface area (TPSA) is 58.9 Å². The molecular weight excluding hydrogens is 498 g/mol. The quantitative estimate of drug-likeness (QED) is 0.499. The number of aromatic carboxylic acids is 1. The van der Waals surface area contributed by atoms with Crippen LogP contribution in [0.15, 0.2) is 52.1 Å². The molecule has 3 rings (SSSR count). The number of carboxylic acids is 1. The minimum atomic E-state index is -4.77. The van der Waals surface area contributed by atoms with E-state index in [4.69, 9.17) is 33.1 Å². The van der Waals surface area contributed by atoms with Crippen molar-refractivity contribution in [3.63, 3.8) is 0 Å². The van der Waals surface area contributed by atoms with Gasteiger partial charge in [0, 0.05) is 26.5 Å². The van der Waals surface area contributed by atoms with Crippen LogP contribution in [0.25, 0.3) is 6.08 Å². The van der Waals surface area contributed by atoms with Gasteiger partial charge in [-0.3, -0.25) is 0 Å². The number of nitrogens with zero attached hydrogens (tertiary/aromatic N) is 1. The Labute approximate surface area is 181 Å². The van der Waals surface area contributed by atoms with Crippen molar-refractivity contribution in [3.8, 4) is 0 Å². The number of oxime groups is 1. The lowest BCUT2D eigenvalue weighted by Crippen LogP contribution is -2.42. The Morgan fingerprint density at radius 2 is 1.83 bits per heavy atom. The minimum absolute atomic E-state index is 0.0482. The van der Waals surface area contributed by atoms with Crippen LogP contribution < -0.4 is 0 Å². The van der Waals surface area contributed by atoms with Crippen LogP contribution in [0.4, 0.5) is 13.2 Å². The number of rotatable bonds is 4. The molecule has 0 saturated heterocycles. The van der Waals surface area contributed by atoms with Gasteiger partial charge in [0.15, 0.2) is 0 Å². The van der Waals surface area contributed by atoms with Crippen LogP contribution in [0.3, 0.4) is 0 Å². The molecule has 4 nitrogen and oxygen atoms in total. The van der Waals surface area contributed by atoms with E-state index >= 15 is 0 Å².